The molecule has 17 heavy (non-hydrogen) atoms. The van der Waals surface area contributed by atoms with Gasteiger partial charge in [-0.2, -0.15) is 0 Å². The van der Waals surface area contributed by atoms with E-state index < -0.39 is 0 Å². The summed E-state index contributed by atoms with van der Waals surface area (Å²) in [5.74, 6) is 7.49. The van der Waals surface area contributed by atoms with Crippen LogP contribution < -0.4 is 11.3 Å². The van der Waals surface area contributed by atoms with E-state index >= 15 is 0 Å². The van der Waals surface area contributed by atoms with E-state index in [1.165, 1.54) is 11.3 Å². The Labute approximate surface area is 107 Å². The third-order valence-electron chi connectivity index (χ3n) is 2.09. The number of nitrogen functional groups attached to an aromatic ring is 1. The van der Waals surface area contributed by atoms with Gasteiger partial charge in [0.15, 0.2) is 0 Å². The second-order valence-electron chi connectivity index (χ2n) is 3.31. The molecule has 2 aromatic rings. The third kappa shape index (κ3) is 3.36. The second kappa shape index (κ2) is 5.90. The Morgan fingerprint density at radius 1 is 1.41 bits per heavy atom. The molecule has 1 amide bonds. The van der Waals surface area contributed by atoms with Crippen LogP contribution in [0.3, 0.4) is 0 Å². The Hall–Kier alpha value is -1.24. The number of amides is 1. The molecule has 0 fully saturated rings. The van der Waals surface area contributed by atoms with Crippen LogP contribution in [0.25, 0.3) is 0 Å². The largest absolute Gasteiger partial charge is 0.468 e. The maximum Gasteiger partial charge on any atom is 0.275 e. The van der Waals surface area contributed by atoms with E-state index in [1.54, 1.807) is 24.1 Å². The molecule has 0 aliphatic carbocycles. The van der Waals surface area contributed by atoms with Gasteiger partial charge in [0.1, 0.15) is 5.76 Å². The lowest BCUT2D eigenvalue weighted by Crippen LogP contribution is -2.29. The number of carbonyl (C=O) groups is 1. The molecule has 90 valence electrons. The van der Waals surface area contributed by atoms with Crippen molar-refractivity contribution in [2.24, 2.45) is 5.84 Å². The molecule has 2 aromatic heterocycles. The van der Waals surface area contributed by atoms with Gasteiger partial charge < -0.3 is 4.42 Å². The van der Waals surface area contributed by atoms with Crippen LogP contribution >= 0.6 is 23.1 Å². The normalized spacial score (nSPS) is 10.4. The monoisotopic (exact) mass is 268 g/mol. The van der Waals surface area contributed by atoms with Crippen LogP contribution in [0.1, 0.15) is 20.3 Å². The van der Waals surface area contributed by atoms with Crippen LogP contribution in [0.5, 0.6) is 0 Å². The summed E-state index contributed by atoms with van der Waals surface area (Å²) in [6.45, 7) is 0. The Morgan fingerprint density at radius 3 is 3.00 bits per heavy atom. The first-order chi connectivity index (χ1) is 8.29. The topological polar surface area (TPSA) is 68.3 Å². The molecule has 4 nitrogen and oxygen atoms in total. The predicted molar refractivity (Wildman–Crippen MR) is 69.7 cm³/mol. The van der Waals surface area contributed by atoms with Crippen LogP contribution in [0.15, 0.2) is 34.9 Å². The Morgan fingerprint density at radius 2 is 2.29 bits per heavy atom. The van der Waals surface area contributed by atoms with Crippen molar-refractivity contribution in [3.63, 3.8) is 0 Å². The Balaban J connectivity index is 1.83. The first-order valence-corrected chi connectivity index (χ1v) is 6.96. The summed E-state index contributed by atoms with van der Waals surface area (Å²) in [7, 11) is 0. The summed E-state index contributed by atoms with van der Waals surface area (Å²) in [5, 5.41) is 0. The van der Waals surface area contributed by atoms with E-state index in [9.17, 15) is 4.79 Å². The van der Waals surface area contributed by atoms with Crippen LogP contribution in [0, 0.1) is 0 Å². The summed E-state index contributed by atoms with van der Waals surface area (Å²) >= 11 is 3.21. The molecule has 0 aliphatic heterocycles. The zero-order chi connectivity index (χ0) is 12.1. The van der Waals surface area contributed by atoms with Crippen molar-refractivity contribution in [3.05, 3.63) is 46.0 Å². The van der Waals surface area contributed by atoms with Crippen molar-refractivity contribution in [3.8, 4) is 0 Å². The van der Waals surface area contributed by atoms with Gasteiger partial charge in [-0.25, -0.2) is 5.84 Å². The molecule has 0 unspecified atom stereocenters. The zero-order valence-corrected chi connectivity index (χ0v) is 10.6. The van der Waals surface area contributed by atoms with E-state index in [0.29, 0.717) is 4.88 Å². The van der Waals surface area contributed by atoms with E-state index in [2.05, 4.69) is 5.43 Å². The fourth-order valence-corrected chi connectivity index (χ4v) is 3.25. The highest BCUT2D eigenvalue weighted by atomic mass is 32.2. The number of carbonyl (C=O) groups excluding carboxylic acids is 1. The minimum Gasteiger partial charge on any atom is -0.468 e. The van der Waals surface area contributed by atoms with Crippen molar-refractivity contribution in [2.75, 3.05) is 0 Å². The molecule has 0 aromatic carbocycles. The van der Waals surface area contributed by atoms with Crippen LogP contribution in [0.4, 0.5) is 0 Å². The summed E-state index contributed by atoms with van der Waals surface area (Å²) in [4.78, 5) is 13.0. The van der Waals surface area contributed by atoms with E-state index in [4.69, 9.17) is 10.3 Å². The number of rotatable bonds is 5. The van der Waals surface area contributed by atoms with Gasteiger partial charge in [-0.05, 0) is 24.3 Å². The van der Waals surface area contributed by atoms with Gasteiger partial charge in [0.25, 0.3) is 5.91 Å². The van der Waals surface area contributed by atoms with Gasteiger partial charge in [-0.15, -0.1) is 23.1 Å². The van der Waals surface area contributed by atoms with E-state index in [-0.39, 0.29) is 5.91 Å². The smallest absolute Gasteiger partial charge is 0.275 e. The fourth-order valence-electron chi connectivity index (χ4n) is 1.30. The quantitative estimate of drug-likeness (QED) is 0.496. The summed E-state index contributed by atoms with van der Waals surface area (Å²) in [5.41, 5.74) is 2.12. The van der Waals surface area contributed by atoms with E-state index in [0.717, 1.165) is 22.1 Å². The Kier molecular flexibility index (Phi) is 4.24. The molecule has 0 aliphatic rings. The van der Waals surface area contributed by atoms with Crippen LogP contribution in [-0.4, -0.2) is 5.91 Å². The molecular formula is C11H12N2O2S2. The SMILES string of the molecule is NNC(=O)c1ccc(CSCc2ccco2)s1. The van der Waals surface area contributed by atoms with Crippen LogP contribution in [-0.2, 0) is 11.5 Å². The molecule has 2 heterocycles. The van der Waals surface area contributed by atoms with Crippen molar-refractivity contribution >= 4 is 29.0 Å². The predicted octanol–water partition coefficient (Wildman–Crippen LogP) is 2.38. The number of nitrogens with two attached hydrogens (primary N) is 1. The molecule has 0 saturated heterocycles. The average Bonchev–Trinajstić information content (AvgIpc) is 2.99. The highest BCUT2D eigenvalue weighted by molar-refractivity contribution is 7.97. The van der Waals surface area contributed by atoms with Crippen molar-refractivity contribution in [1.82, 2.24) is 5.43 Å². The summed E-state index contributed by atoms with van der Waals surface area (Å²) in [6, 6.07) is 7.57. The van der Waals surface area contributed by atoms with Gasteiger partial charge in [-0.1, -0.05) is 0 Å². The van der Waals surface area contributed by atoms with Gasteiger partial charge in [-0.3, -0.25) is 10.2 Å². The molecular weight excluding hydrogens is 256 g/mol. The maximum atomic E-state index is 11.2. The number of hydrogen-bond donors (Lipinski definition) is 2. The fraction of sp³-hybridized carbons (Fsp3) is 0.182. The lowest BCUT2D eigenvalue weighted by atomic mass is 10.4. The number of hydrogen-bond acceptors (Lipinski definition) is 5. The van der Waals surface area contributed by atoms with Crippen molar-refractivity contribution in [2.45, 2.75) is 11.5 Å². The molecule has 0 saturated carbocycles. The first-order valence-electron chi connectivity index (χ1n) is 4.99. The summed E-state index contributed by atoms with van der Waals surface area (Å²) < 4.78 is 5.23. The third-order valence-corrected chi connectivity index (χ3v) is 4.36. The molecule has 3 N–H and O–H groups in total. The number of furan rings is 1. The second-order valence-corrected chi connectivity index (χ2v) is 5.47. The lowest BCUT2D eigenvalue weighted by Gasteiger charge is -1.96. The molecule has 2 rings (SSSR count). The number of thioether (sulfide) groups is 1. The molecule has 0 atom stereocenters. The maximum absolute atomic E-state index is 11.2. The molecule has 6 heteroatoms. The van der Waals surface area contributed by atoms with Crippen molar-refractivity contribution in [1.29, 1.82) is 0 Å². The first kappa shape index (κ1) is 12.2. The minimum atomic E-state index is -0.239. The number of nitrogens with one attached hydrogen (secondary N) is 1. The zero-order valence-electron chi connectivity index (χ0n) is 9.01. The average molecular weight is 268 g/mol. The lowest BCUT2D eigenvalue weighted by molar-refractivity contribution is 0.0957. The minimum absolute atomic E-state index is 0.239. The molecule has 0 radical (unpaired) electrons. The van der Waals surface area contributed by atoms with Gasteiger partial charge in [0.2, 0.25) is 0 Å². The van der Waals surface area contributed by atoms with Gasteiger partial charge in [0.05, 0.1) is 16.9 Å². The Bertz CT molecular complexity index is 479. The standard InChI is InChI=1S/C11H12N2O2S2/c12-13-11(14)10-4-3-9(17-10)7-16-6-8-2-1-5-15-8/h1-5H,6-7,12H2,(H,13,14). The highest BCUT2D eigenvalue weighted by Crippen LogP contribution is 2.23. The van der Waals surface area contributed by atoms with Crippen LogP contribution in [0.2, 0.25) is 0 Å². The van der Waals surface area contributed by atoms with Crippen molar-refractivity contribution < 1.29 is 9.21 Å². The summed E-state index contributed by atoms with van der Waals surface area (Å²) in [6.07, 6.45) is 1.67. The highest BCUT2D eigenvalue weighted by Gasteiger charge is 2.07. The number of thiophene rings is 1. The molecule has 0 spiro atoms. The van der Waals surface area contributed by atoms with Gasteiger partial charge in [0, 0.05) is 10.6 Å². The number of hydrazine groups is 1. The molecule has 0 bridgehead atoms. The van der Waals surface area contributed by atoms with Gasteiger partial charge >= 0.3 is 0 Å². The van der Waals surface area contributed by atoms with E-state index in [1.807, 2.05) is 18.2 Å².